The molecule has 4 rings (SSSR count). The van der Waals surface area contributed by atoms with E-state index in [2.05, 4.69) is 15.4 Å². The Morgan fingerprint density at radius 3 is 2.76 bits per heavy atom. The number of carbonyl (C=O) groups excluding carboxylic acids is 2. The maximum atomic E-state index is 12.6. The van der Waals surface area contributed by atoms with Gasteiger partial charge in [0.05, 0.1) is 17.8 Å². The topological polar surface area (TPSA) is 93.3 Å². The van der Waals surface area contributed by atoms with Gasteiger partial charge in [0.1, 0.15) is 5.76 Å². The lowest BCUT2D eigenvalue weighted by molar-refractivity contribution is -0.138. The number of rotatable bonds is 4. The Bertz CT molecular complexity index is 807. The van der Waals surface area contributed by atoms with Gasteiger partial charge in [0.25, 0.3) is 5.91 Å². The molecule has 2 aromatic heterocycles. The molecule has 0 aromatic carbocycles. The highest BCUT2D eigenvalue weighted by atomic mass is 16.3. The fourth-order valence-electron chi connectivity index (χ4n) is 3.63. The van der Waals surface area contributed by atoms with E-state index in [0.717, 1.165) is 18.5 Å². The van der Waals surface area contributed by atoms with E-state index in [1.807, 2.05) is 18.0 Å². The Morgan fingerprint density at radius 1 is 1.36 bits per heavy atom. The van der Waals surface area contributed by atoms with Gasteiger partial charge >= 0.3 is 0 Å². The summed E-state index contributed by atoms with van der Waals surface area (Å²) < 4.78 is 6.91. The van der Waals surface area contributed by atoms with Crippen LogP contribution in [0.25, 0.3) is 0 Å². The molecule has 1 aliphatic heterocycles. The normalized spacial score (nSPS) is 23.8. The van der Waals surface area contributed by atoms with Crippen molar-refractivity contribution in [2.75, 3.05) is 0 Å². The second-order valence-corrected chi connectivity index (χ2v) is 6.73. The van der Waals surface area contributed by atoms with Crippen LogP contribution in [0.2, 0.25) is 0 Å². The molecule has 1 aliphatic carbocycles. The highest BCUT2D eigenvalue weighted by molar-refractivity contribution is 5.93. The lowest BCUT2D eigenvalue weighted by Gasteiger charge is -2.41. The van der Waals surface area contributed by atoms with E-state index in [4.69, 9.17) is 4.42 Å². The highest BCUT2D eigenvalue weighted by Gasteiger charge is 2.45. The monoisotopic (exact) mass is 343 g/mol. The number of hydrogen-bond donors (Lipinski definition) is 1. The first-order valence-corrected chi connectivity index (χ1v) is 8.56. The van der Waals surface area contributed by atoms with Crippen molar-refractivity contribution in [2.45, 2.75) is 50.7 Å². The molecule has 8 nitrogen and oxygen atoms in total. The summed E-state index contributed by atoms with van der Waals surface area (Å²) in [6.07, 6.45) is 6.06. The van der Waals surface area contributed by atoms with Gasteiger partial charge in [-0.15, -0.1) is 0 Å². The molecule has 2 aliphatic rings. The third-order valence-electron chi connectivity index (χ3n) is 5.02. The van der Waals surface area contributed by atoms with Crippen molar-refractivity contribution in [1.29, 1.82) is 0 Å². The van der Waals surface area contributed by atoms with Gasteiger partial charge in [0.2, 0.25) is 5.91 Å². The van der Waals surface area contributed by atoms with Gasteiger partial charge in [-0.1, -0.05) is 0 Å². The van der Waals surface area contributed by atoms with Crippen molar-refractivity contribution < 1.29 is 14.0 Å². The summed E-state index contributed by atoms with van der Waals surface area (Å²) in [5.41, 5.74) is 1.22. The summed E-state index contributed by atoms with van der Waals surface area (Å²) in [5, 5.41) is 7.31. The van der Waals surface area contributed by atoms with Crippen molar-refractivity contribution in [3.8, 4) is 0 Å². The molecule has 0 radical (unpaired) electrons. The molecule has 0 spiro atoms. The van der Waals surface area contributed by atoms with Crippen LogP contribution < -0.4 is 5.32 Å². The fourth-order valence-corrected chi connectivity index (χ4v) is 3.63. The first kappa shape index (κ1) is 15.9. The summed E-state index contributed by atoms with van der Waals surface area (Å²) in [7, 11) is 1.86. The molecule has 2 aromatic rings. The zero-order valence-electron chi connectivity index (χ0n) is 14.3. The molecule has 0 unspecified atom stereocenters. The van der Waals surface area contributed by atoms with Crippen LogP contribution in [0.1, 0.15) is 53.7 Å². The predicted molar refractivity (Wildman–Crippen MR) is 87.5 cm³/mol. The number of likely N-dealkylation sites (tertiary alicyclic amines) is 1. The van der Waals surface area contributed by atoms with Gasteiger partial charge < -0.3 is 14.6 Å². The van der Waals surface area contributed by atoms with Crippen molar-refractivity contribution >= 4 is 11.8 Å². The molecular formula is C17H21N5O3. The second-order valence-electron chi connectivity index (χ2n) is 6.73. The van der Waals surface area contributed by atoms with Crippen molar-refractivity contribution in [1.82, 2.24) is 25.0 Å². The number of amides is 2. The molecular weight excluding hydrogens is 322 g/mol. The summed E-state index contributed by atoms with van der Waals surface area (Å²) in [5.74, 6) is 0.367. The van der Waals surface area contributed by atoms with E-state index in [0.29, 0.717) is 24.3 Å². The smallest absolute Gasteiger partial charge is 0.273 e. The van der Waals surface area contributed by atoms with E-state index in [1.54, 1.807) is 17.8 Å². The van der Waals surface area contributed by atoms with Crippen molar-refractivity contribution in [3.05, 3.63) is 35.8 Å². The maximum Gasteiger partial charge on any atom is 0.273 e. The number of piperidine rings is 1. The van der Waals surface area contributed by atoms with Gasteiger partial charge in [0, 0.05) is 25.7 Å². The fraction of sp³-hybridized carbons (Fsp3) is 0.529. The third-order valence-corrected chi connectivity index (χ3v) is 5.02. The van der Waals surface area contributed by atoms with E-state index in [1.165, 1.54) is 6.39 Å². The van der Waals surface area contributed by atoms with Gasteiger partial charge in [0.15, 0.2) is 12.1 Å². The number of aryl methyl sites for hydroxylation is 2. The Kier molecular flexibility index (Phi) is 3.82. The van der Waals surface area contributed by atoms with E-state index in [-0.39, 0.29) is 29.9 Å². The summed E-state index contributed by atoms with van der Waals surface area (Å²) in [6.45, 7) is 1.71. The average molecular weight is 343 g/mol. The van der Waals surface area contributed by atoms with Crippen LogP contribution in [0.15, 0.2) is 23.1 Å². The molecule has 2 fully saturated rings. The van der Waals surface area contributed by atoms with Gasteiger partial charge in [-0.2, -0.15) is 5.10 Å². The zero-order valence-corrected chi connectivity index (χ0v) is 14.3. The van der Waals surface area contributed by atoms with Gasteiger partial charge in [-0.3, -0.25) is 14.3 Å². The number of hydrogen-bond acceptors (Lipinski definition) is 5. The number of aromatic nitrogens is 3. The van der Waals surface area contributed by atoms with Crippen LogP contribution in [-0.4, -0.2) is 43.6 Å². The van der Waals surface area contributed by atoms with E-state index in [9.17, 15) is 9.59 Å². The summed E-state index contributed by atoms with van der Waals surface area (Å²) in [4.78, 5) is 31.1. The minimum absolute atomic E-state index is 0.150. The molecule has 8 heteroatoms. The number of nitrogens with zero attached hydrogens (tertiary/aromatic N) is 4. The quantitative estimate of drug-likeness (QED) is 0.904. The zero-order chi connectivity index (χ0) is 17.6. The molecule has 25 heavy (non-hydrogen) atoms. The van der Waals surface area contributed by atoms with Crippen LogP contribution in [0.3, 0.4) is 0 Å². The average Bonchev–Trinajstić information content (AvgIpc) is 3.19. The summed E-state index contributed by atoms with van der Waals surface area (Å²) in [6, 6.07) is 1.79. The molecule has 1 saturated carbocycles. The Balaban J connectivity index is 1.65. The Morgan fingerprint density at radius 2 is 2.16 bits per heavy atom. The molecule has 3 heterocycles. The first-order chi connectivity index (χ1) is 12.1. The molecule has 2 atom stereocenters. The largest absolute Gasteiger partial charge is 0.448 e. The van der Waals surface area contributed by atoms with Crippen LogP contribution >= 0.6 is 0 Å². The Hall–Kier alpha value is -2.64. The van der Waals surface area contributed by atoms with Crippen molar-refractivity contribution in [3.63, 3.8) is 0 Å². The number of nitrogens with one attached hydrogen (secondary N) is 1. The molecule has 132 valence electrons. The van der Waals surface area contributed by atoms with Gasteiger partial charge in [-0.25, -0.2) is 4.98 Å². The van der Waals surface area contributed by atoms with Crippen LogP contribution in [0.5, 0.6) is 0 Å². The lowest BCUT2D eigenvalue weighted by Crippen LogP contribution is -2.53. The van der Waals surface area contributed by atoms with Gasteiger partial charge in [-0.05, 0) is 32.3 Å². The maximum absolute atomic E-state index is 12.6. The minimum Gasteiger partial charge on any atom is -0.448 e. The summed E-state index contributed by atoms with van der Waals surface area (Å²) >= 11 is 0. The molecule has 1 saturated heterocycles. The van der Waals surface area contributed by atoms with Crippen LogP contribution in [0.4, 0.5) is 0 Å². The lowest BCUT2D eigenvalue weighted by atomic mass is 9.92. The number of oxazole rings is 1. The minimum atomic E-state index is -0.270. The second kappa shape index (κ2) is 6.02. The SMILES string of the molecule is Cc1ocnc1C(=O)N[C@@H]1CCC(=O)N(C2CC2)[C@H]1c1ccnn1C. The molecule has 1 N–H and O–H groups in total. The standard InChI is InChI=1S/C17H21N5O3/c1-10-15(18-9-25-10)17(24)20-12-5-6-14(23)22(11-3-4-11)16(12)13-7-8-19-21(13)2/h7-9,11-12,16H,3-6H2,1-2H3,(H,20,24)/t12-,16-/m1/s1. The van der Waals surface area contributed by atoms with Crippen molar-refractivity contribution in [2.24, 2.45) is 7.05 Å². The van der Waals surface area contributed by atoms with Crippen LogP contribution in [0, 0.1) is 6.92 Å². The molecule has 0 bridgehead atoms. The number of carbonyl (C=O) groups is 2. The van der Waals surface area contributed by atoms with E-state index < -0.39 is 0 Å². The first-order valence-electron chi connectivity index (χ1n) is 8.56. The predicted octanol–water partition coefficient (Wildman–Crippen LogP) is 1.34. The molecule has 2 amide bonds. The Labute approximate surface area is 145 Å². The van der Waals surface area contributed by atoms with E-state index >= 15 is 0 Å². The highest BCUT2D eigenvalue weighted by Crippen LogP contribution is 2.40. The van der Waals surface area contributed by atoms with Crippen LogP contribution in [-0.2, 0) is 11.8 Å². The third kappa shape index (κ3) is 2.81.